The summed E-state index contributed by atoms with van der Waals surface area (Å²) in [6, 6.07) is 1.88. The first-order valence-electron chi connectivity index (χ1n) is 6.26. The van der Waals surface area contributed by atoms with E-state index in [2.05, 4.69) is 4.40 Å². The number of hydrogen-bond donors (Lipinski definition) is 1. The first kappa shape index (κ1) is 18.9. The monoisotopic (exact) mass is 352 g/mol. The molecular weight excluding hydrogens is 334 g/mol. The molecule has 1 aromatic rings. The SMILES string of the molecule is C/C(=N\[S+]([O-])C(C)(C)C)c1cc(F)c(NS(C)(=O)=O)c(F)c1. The summed E-state index contributed by atoms with van der Waals surface area (Å²) in [7, 11) is -3.80. The van der Waals surface area contributed by atoms with E-state index in [1.54, 1.807) is 25.5 Å². The van der Waals surface area contributed by atoms with Crippen LogP contribution in [0, 0.1) is 11.6 Å². The van der Waals surface area contributed by atoms with E-state index in [0.717, 1.165) is 18.4 Å². The van der Waals surface area contributed by atoms with E-state index in [1.807, 2.05) is 0 Å². The van der Waals surface area contributed by atoms with Crippen molar-refractivity contribution >= 4 is 32.8 Å². The van der Waals surface area contributed by atoms with Crippen molar-refractivity contribution in [3.63, 3.8) is 0 Å². The van der Waals surface area contributed by atoms with E-state index < -0.39 is 43.5 Å². The van der Waals surface area contributed by atoms with Gasteiger partial charge in [0.15, 0.2) is 11.6 Å². The van der Waals surface area contributed by atoms with Gasteiger partial charge in [0.2, 0.25) is 10.0 Å². The summed E-state index contributed by atoms with van der Waals surface area (Å²) in [5.41, 5.74) is -0.473. The van der Waals surface area contributed by atoms with Gasteiger partial charge in [-0.1, -0.05) is 4.40 Å². The van der Waals surface area contributed by atoms with Gasteiger partial charge in [0.1, 0.15) is 21.8 Å². The second-order valence-corrected chi connectivity index (χ2v) is 9.38. The van der Waals surface area contributed by atoms with Gasteiger partial charge in [0.25, 0.3) is 0 Å². The molecule has 0 saturated carbocycles. The zero-order valence-corrected chi connectivity index (χ0v) is 14.5. The molecule has 0 saturated heterocycles. The molecular formula is C13H18F2N2O3S2. The van der Waals surface area contributed by atoms with Gasteiger partial charge in [-0.25, -0.2) is 17.2 Å². The highest BCUT2D eigenvalue weighted by molar-refractivity contribution is 7.92. The quantitative estimate of drug-likeness (QED) is 0.668. The Balaban J connectivity index is 3.22. The van der Waals surface area contributed by atoms with Crippen molar-refractivity contribution in [3.8, 4) is 0 Å². The van der Waals surface area contributed by atoms with Crippen LogP contribution in [0.5, 0.6) is 0 Å². The van der Waals surface area contributed by atoms with Crippen molar-refractivity contribution in [1.29, 1.82) is 0 Å². The lowest BCUT2D eigenvalue weighted by molar-refractivity contribution is 0.561. The zero-order valence-electron chi connectivity index (χ0n) is 12.9. The topological polar surface area (TPSA) is 81.6 Å². The molecule has 0 aromatic heterocycles. The van der Waals surface area contributed by atoms with Gasteiger partial charge in [0, 0.05) is 5.56 Å². The summed E-state index contributed by atoms with van der Waals surface area (Å²) < 4.78 is 66.9. The molecule has 1 unspecified atom stereocenters. The van der Waals surface area contributed by atoms with Crippen LogP contribution in [0.4, 0.5) is 14.5 Å². The first-order valence-corrected chi connectivity index (χ1v) is 9.25. The number of anilines is 1. The number of hydrogen-bond acceptors (Lipinski definition) is 4. The summed E-state index contributed by atoms with van der Waals surface area (Å²) >= 11 is -1.57. The maximum Gasteiger partial charge on any atom is 0.230 e. The summed E-state index contributed by atoms with van der Waals surface area (Å²) in [5.74, 6) is -2.15. The largest absolute Gasteiger partial charge is 0.591 e. The van der Waals surface area contributed by atoms with Crippen LogP contribution < -0.4 is 4.72 Å². The van der Waals surface area contributed by atoms with Gasteiger partial charge in [-0.2, -0.15) is 0 Å². The molecule has 0 aliphatic heterocycles. The summed E-state index contributed by atoms with van der Waals surface area (Å²) in [5, 5.41) is 0. The molecule has 1 rings (SSSR count). The van der Waals surface area contributed by atoms with E-state index in [4.69, 9.17) is 0 Å². The molecule has 124 valence electrons. The van der Waals surface area contributed by atoms with Crippen molar-refractivity contribution in [2.45, 2.75) is 32.4 Å². The lowest BCUT2D eigenvalue weighted by atomic mass is 10.1. The molecule has 0 radical (unpaired) electrons. The van der Waals surface area contributed by atoms with Crippen LogP contribution in [0.15, 0.2) is 16.5 Å². The molecule has 0 spiro atoms. The van der Waals surface area contributed by atoms with Gasteiger partial charge in [0.05, 0.1) is 12.0 Å². The minimum atomic E-state index is -3.80. The highest BCUT2D eigenvalue weighted by Crippen LogP contribution is 2.23. The first-order chi connectivity index (χ1) is 9.81. The number of rotatable bonds is 4. The van der Waals surface area contributed by atoms with Crippen molar-refractivity contribution < 1.29 is 21.8 Å². The fourth-order valence-corrected chi connectivity index (χ4v) is 2.57. The predicted octanol–water partition coefficient (Wildman–Crippen LogP) is 2.61. The third kappa shape index (κ3) is 5.22. The van der Waals surface area contributed by atoms with Crippen molar-refractivity contribution in [2.75, 3.05) is 11.0 Å². The molecule has 0 aliphatic rings. The maximum absolute atomic E-state index is 13.9. The fourth-order valence-electron chi connectivity index (χ4n) is 1.38. The average Bonchev–Trinajstić information content (AvgIpc) is 2.31. The Morgan fingerprint density at radius 3 is 2.09 bits per heavy atom. The molecule has 5 nitrogen and oxygen atoms in total. The average molecular weight is 352 g/mol. The van der Waals surface area contributed by atoms with Crippen LogP contribution in [-0.2, 0) is 21.4 Å². The Morgan fingerprint density at radius 2 is 1.73 bits per heavy atom. The van der Waals surface area contributed by atoms with Crippen molar-refractivity contribution in [2.24, 2.45) is 4.40 Å². The third-order valence-corrected chi connectivity index (χ3v) is 4.55. The summed E-state index contributed by atoms with van der Waals surface area (Å²) in [6.45, 7) is 6.64. The number of nitrogens with zero attached hydrogens (tertiary/aromatic N) is 1. The molecule has 9 heteroatoms. The van der Waals surface area contributed by atoms with Crippen LogP contribution in [0.2, 0.25) is 0 Å². The van der Waals surface area contributed by atoms with Crippen LogP contribution in [0.1, 0.15) is 33.3 Å². The molecule has 22 heavy (non-hydrogen) atoms. The lowest BCUT2D eigenvalue weighted by Gasteiger charge is -2.19. The van der Waals surface area contributed by atoms with E-state index in [9.17, 15) is 21.8 Å². The van der Waals surface area contributed by atoms with Crippen LogP contribution in [0.3, 0.4) is 0 Å². The van der Waals surface area contributed by atoms with E-state index >= 15 is 0 Å². The molecule has 1 aromatic carbocycles. The Morgan fingerprint density at radius 1 is 1.27 bits per heavy atom. The second kappa shape index (κ2) is 6.51. The molecule has 0 amide bonds. The van der Waals surface area contributed by atoms with Gasteiger partial charge in [-0.15, -0.1) is 0 Å². The van der Waals surface area contributed by atoms with Crippen molar-refractivity contribution in [3.05, 3.63) is 29.3 Å². The van der Waals surface area contributed by atoms with Gasteiger partial charge >= 0.3 is 0 Å². The molecule has 0 heterocycles. The Bertz CT molecular complexity index is 675. The van der Waals surface area contributed by atoms with E-state index in [0.29, 0.717) is 0 Å². The smallest absolute Gasteiger partial charge is 0.230 e. The van der Waals surface area contributed by atoms with Gasteiger partial charge < -0.3 is 4.55 Å². The Kier molecular flexibility index (Phi) is 5.58. The van der Waals surface area contributed by atoms with Crippen LogP contribution >= 0.6 is 0 Å². The molecule has 1 N–H and O–H groups in total. The molecule has 0 aliphatic carbocycles. The maximum atomic E-state index is 13.9. The highest BCUT2D eigenvalue weighted by Gasteiger charge is 2.27. The predicted molar refractivity (Wildman–Crippen MR) is 84.9 cm³/mol. The minimum Gasteiger partial charge on any atom is -0.591 e. The molecule has 0 bridgehead atoms. The van der Waals surface area contributed by atoms with Gasteiger partial charge in [-0.05, 0) is 39.8 Å². The Hall–Kier alpha value is -1.19. The minimum absolute atomic E-state index is 0.0895. The second-order valence-electron chi connectivity index (χ2n) is 5.73. The lowest BCUT2D eigenvalue weighted by Crippen LogP contribution is -2.26. The van der Waals surface area contributed by atoms with E-state index in [-0.39, 0.29) is 11.3 Å². The summed E-state index contributed by atoms with van der Waals surface area (Å²) in [6.07, 6.45) is 0.791. The Labute approximate surface area is 132 Å². The van der Waals surface area contributed by atoms with Crippen molar-refractivity contribution in [1.82, 2.24) is 0 Å². The fraction of sp³-hybridized carbons (Fsp3) is 0.462. The standard InChI is InChI=1S/C13H18F2N2O3S2/c1-8(16-21(18)13(2,3)4)9-6-10(14)12(11(15)7-9)17-22(5,19)20/h6-7,17H,1-5H3/b16-8+. The number of nitrogens with one attached hydrogen (secondary N) is 1. The molecule has 1 atom stereocenters. The normalized spacial score (nSPS) is 14.8. The number of benzene rings is 1. The molecule has 0 fully saturated rings. The number of sulfonamides is 1. The van der Waals surface area contributed by atoms with Gasteiger partial charge in [-0.3, -0.25) is 4.72 Å². The number of halogens is 2. The van der Waals surface area contributed by atoms with Crippen LogP contribution in [-0.4, -0.2) is 29.7 Å². The highest BCUT2D eigenvalue weighted by atomic mass is 32.2. The zero-order chi connectivity index (χ0) is 17.3. The van der Waals surface area contributed by atoms with Crippen LogP contribution in [0.25, 0.3) is 0 Å². The van der Waals surface area contributed by atoms with E-state index in [1.165, 1.54) is 6.92 Å². The summed E-state index contributed by atoms with van der Waals surface area (Å²) in [4.78, 5) is 0. The third-order valence-electron chi connectivity index (χ3n) is 2.49.